The minimum Gasteiger partial charge on any atom is -0.390 e. The Morgan fingerprint density at radius 1 is 1.43 bits per heavy atom. The highest BCUT2D eigenvalue weighted by Crippen LogP contribution is 2.38. The summed E-state index contributed by atoms with van der Waals surface area (Å²) in [5.74, 6) is 1.43. The SMILES string of the molecule is CN(c1nc(Nc2ccc(C#N)cn2)c(N=O)cc1Br)[C@H]1CC[C@@](C)(O)CC1. The summed E-state index contributed by atoms with van der Waals surface area (Å²) >= 11 is 3.48. The number of anilines is 3. The Labute approximate surface area is 171 Å². The smallest absolute Gasteiger partial charge is 0.163 e. The number of nitriles is 1. The van der Waals surface area contributed by atoms with Gasteiger partial charge >= 0.3 is 0 Å². The van der Waals surface area contributed by atoms with Crippen LogP contribution in [0.1, 0.15) is 38.2 Å². The lowest BCUT2D eigenvalue weighted by Gasteiger charge is -2.38. The monoisotopic (exact) mass is 444 g/mol. The molecule has 0 atom stereocenters. The first kappa shape index (κ1) is 20.2. The molecular formula is C19H21BrN6O2. The highest BCUT2D eigenvalue weighted by atomic mass is 79.9. The van der Waals surface area contributed by atoms with E-state index in [0.717, 1.165) is 25.7 Å². The fourth-order valence-corrected chi connectivity index (χ4v) is 3.90. The predicted octanol–water partition coefficient (Wildman–Crippen LogP) is 4.38. The van der Waals surface area contributed by atoms with Crippen LogP contribution in [0.4, 0.5) is 23.1 Å². The highest BCUT2D eigenvalue weighted by molar-refractivity contribution is 9.10. The van der Waals surface area contributed by atoms with Crippen molar-refractivity contribution in [3.63, 3.8) is 0 Å². The molecule has 1 saturated carbocycles. The van der Waals surface area contributed by atoms with Gasteiger partial charge in [0.15, 0.2) is 11.5 Å². The zero-order valence-electron chi connectivity index (χ0n) is 15.7. The zero-order chi connectivity index (χ0) is 20.3. The van der Waals surface area contributed by atoms with Crippen LogP contribution in [-0.4, -0.2) is 33.8 Å². The molecule has 0 bridgehead atoms. The average molecular weight is 445 g/mol. The van der Waals surface area contributed by atoms with Gasteiger partial charge in [0.2, 0.25) is 0 Å². The molecule has 2 aromatic rings. The number of aliphatic hydroxyl groups is 1. The van der Waals surface area contributed by atoms with Crippen LogP contribution in [-0.2, 0) is 0 Å². The molecule has 0 amide bonds. The van der Waals surface area contributed by atoms with Crippen molar-refractivity contribution in [3.8, 4) is 6.07 Å². The summed E-state index contributed by atoms with van der Waals surface area (Å²) in [6, 6.07) is 7.14. The van der Waals surface area contributed by atoms with E-state index in [9.17, 15) is 10.0 Å². The van der Waals surface area contributed by atoms with Crippen molar-refractivity contribution in [3.05, 3.63) is 39.3 Å². The number of hydrogen-bond acceptors (Lipinski definition) is 8. The summed E-state index contributed by atoms with van der Waals surface area (Å²) in [6.07, 6.45) is 4.61. The van der Waals surface area contributed by atoms with Gasteiger partial charge in [0.25, 0.3) is 0 Å². The van der Waals surface area contributed by atoms with Crippen molar-refractivity contribution in [2.45, 2.75) is 44.2 Å². The number of halogens is 1. The van der Waals surface area contributed by atoms with E-state index < -0.39 is 5.60 Å². The first-order chi connectivity index (χ1) is 13.3. The van der Waals surface area contributed by atoms with Gasteiger partial charge in [-0.15, -0.1) is 4.91 Å². The van der Waals surface area contributed by atoms with Crippen LogP contribution in [0.3, 0.4) is 0 Å². The molecule has 8 nitrogen and oxygen atoms in total. The number of pyridine rings is 2. The van der Waals surface area contributed by atoms with Gasteiger partial charge in [-0.05, 0) is 71.9 Å². The third-order valence-corrected chi connectivity index (χ3v) is 5.67. The van der Waals surface area contributed by atoms with E-state index in [-0.39, 0.29) is 11.7 Å². The molecule has 1 fully saturated rings. The number of hydrogen-bond donors (Lipinski definition) is 2. The van der Waals surface area contributed by atoms with Gasteiger partial charge in [0.05, 0.1) is 15.6 Å². The zero-order valence-corrected chi connectivity index (χ0v) is 17.3. The Balaban J connectivity index is 1.87. The lowest BCUT2D eigenvalue weighted by atomic mass is 9.83. The number of rotatable bonds is 5. The molecule has 2 aromatic heterocycles. The molecule has 2 N–H and O–H groups in total. The van der Waals surface area contributed by atoms with E-state index in [1.54, 1.807) is 18.2 Å². The fourth-order valence-electron chi connectivity index (χ4n) is 3.32. The van der Waals surface area contributed by atoms with Gasteiger partial charge in [-0.1, -0.05) is 0 Å². The van der Waals surface area contributed by atoms with Crippen molar-refractivity contribution in [1.29, 1.82) is 5.26 Å². The molecule has 0 spiro atoms. The first-order valence-electron chi connectivity index (χ1n) is 8.95. The van der Waals surface area contributed by atoms with Gasteiger partial charge < -0.3 is 15.3 Å². The molecule has 0 aliphatic heterocycles. The number of nitroso groups, excluding NO2 is 1. The standard InChI is InChI=1S/C19H21BrN6O2/c1-19(27)7-5-13(6-8-19)26(2)18-14(20)9-15(25-28)17(24-18)23-16-4-3-12(10-21)11-22-16/h3-4,9,11,13,27H,5-8H2,1-2H3,(H,22,23,24)/t13-,19+. The van der Waals surface area contributed by atoms with E-state index >= 15 is 0 Å². The van der Waals surface area contributed by atoms with Gasteiger partial charge in [0.1, 0.15) is 17.7 Å². The topological polar surface area (TPSA) is 115 Å². The minimum atomic E-state index is -0.610. The summed E-state index contributed by atoms with van der Waals surface area (Å²) in [7, 11) is 1.95. The third kappa shape index (κ3) is 4.46. The highest BCUT2D eigenvalue weighted by Gasteiger charge is 2.31. The normalized spacial score (nSPS) is 21.6. The lowest BCUT2D eigenvalue weighted by Crippen LogP contribution is -2.41. The fraction of sp³-hybridized carbons (Fsp3) is 0.421. The molecule has 1 aliphatic carbocycles. The van der Waals surface area contributed by atoms with Crippen LogP contribution in [0.15, 0.2) is 34.0 Å². The second-order valence-electron chi connectivity index (χ2n) is 7.26. The maximum Gasteiger partial charge on any atom is 0.163 e. The van der Waals surface area contributed by atoms with Gasteiger partial charge in [-0.3, -0.25) is 0 Å². The van der Waals surface area contributed by atoms with Crippen molar-refractivity contribution in [2.75, 3.05) is 17.3 Å². The molecule has 2 heterocycles. The molecular weight excluding hydrogens is 424 g/mol. The van der Waals surface area contributed by atoms with Crippen molar-refractivity contribution in [1.82, 2.24) is 9.97 Å². The Morgan fingerprint density at radius 3 is 2.71 bits per heavy atom. The van der Waals surface area contributed by atoms with E-state index in [0.29, 0.717) is 27.5 Å². The number of nitrogens with one attached hydrogen (secondary N) is 1. The molecule has 0 saturated heterocycles. The molecule has 0 radical (unpaired) electrons. The van der Waals surface area contributed by atoms with Crippen molar-refractivity contribution < 1.29 is 5.11 Å². The van der Waals surface area contributed by atoms with Gasteiger partial charge in [-0.2, -0.15) is 5.26 Å². The van der Waals surface area contributed by atoms with Crippen LogP contribution in [0.2, 0.25) is 0 Å². The summed E-state index contributed by atoms with van der Waals surface area (Å²) in [4.78, 5) is 22.1. The Morgan fingerprint density at radius 2 is 2.14 bits per heavy atom. The molecule has 9 heteroatoms. The third-order valence-electron chi connectivity index (χ3n) is 5.09. The summed E-state index contributed by atoms with van der Waals surface area (Å²) < 4.78 is 0.667. The van der Waals surface area contributed by atoms with E-state index in [1.165, 1.54) is 6.20 Å². The van der Waals surface area contributed by atoms with Crippen LogP contribution >= 0.6 is 15.9 Å². The molecule has 1 aliphatic rings. The van der Waals surface area contributed by atoms with Crippen LogP contribution in [0.5, 0.6) is 0 Å². The first-order valence-corrected chi connectivity index (χ1v) is 9.74. The maximum atomic E-state index is 11.3. The van der Waals surface area contributed by atoms with Gasteiger partial charge in [0, 0.05) is 19.3 Å². The molecule has 3 rings (SSSR count). The predicted molar refractivity (Wildman–Crippen MR) is 111 cm³/mol. The van der Waals surface area contributed by atoms with Crippen molar-refractivity contribution >= 4 is 39.1 Å². The van der Waals surface area contributed by atoms with Crippen molar-refractivity contribution in [2.24, 2.45) is 5.18 Å². The largest absolute Gasteiger partial charge is 0.390 e. The molecule has 146 valence electrons. The number of nitrogens with zero attached hydrogens (tertiary/aromatic N) is 5. The Kier molecular flexibility index (Phi) is 5.91. The van der Waals surface area contributed by atoms with Crippen LogP contribution < -0.4 is 10.2 Å². The summed E-state index contributed by atoms with van der Waals surface area (Å²) in [5, 5.41) is 25.1. The second-order valence-corrected chi connectivity index (χ2v) is 8.12. The van der Waals surface area contributed by atoms with E-state index in [2.05, 4.69) is 41.3 Å². The summed E-state index contributed by atoms with van der Waals surface area (Å²) in [5.41, 5.74) is -0.0141. The number of aromatic nitrogens is 2. The summed E-state index contributed by atoms with van der Waals surface area (Å²) in [6.45, 7) is 1.87. The quantitative estimate of drug-likeness (QED) is 0.657. The minimum absolute atomic E-state index is 0.154. The Hall–Kier alpha value is -2.57. The van der Waals surface area contributed by atoms with Crippen LogP contribution in [0.25, 0.3) is 0 Å². The lowest BCUT2D eigenvalue weighted by molar-refractivity contribution is 0.0174. The molecule has 0 unspecified atom stereocenters. The molecule has 28 heavy (non-hydrogen) atoms. The van der Waals surface area contributed by atoms with E-state index in [4.69, 9.17) is 5.26 Å². The second kappa shape index (κ2) is 8.20. The van der Waals surface area contributed by atoms with Crippen LogP contribution in [0, 0.1) is 16.2 Å². The van der Waals surface area contributed by atoms with E-state index in [1.807, 2.05) is 20.0 Å². The molecule has 0 aromatic carbocycles. The maximum absolute atomic E-state index is 11.3. The Bertz CT molecular complexity index is 900. The van der Waals surface area contributed by atoms with Gasteiger partial charge in [-0.25, -0.2) is 9.97 Å². The average Bonchev–Trinajstić information content (AvgIpc) is 2.69.